The first-order valence-electron chi connectivity index (χ1n) is 3.00. The van der Waals surface area contributed by atoms with Crippen molar-refractivity contribution in [2.45, 2.75) is 6.92 Å². The van der Waals surface area contributed by atoms with Gasteiger partial charge in [0.25, 0.3) is 5.56 Å². The van der Waals surface area contributed by atoms with Gasteiger partial charge in [0, 0.05) is 10.7 Å². The van der Waals surface area contributed by atoms with Crippen molar-refractivity contribution in [1.29, 1.82) is 0 Å². The fourth-order valence-corrected chi connectivity index (χ4v) is 1.06. The Labute approximate surface area is 71.6 Å². The van der Waals surface area contributed by atoms with E-state index in [4.69, 9.17) is 0 Å². The average Bonchev–Trinajstić information content (AvgIpc) is 1.94. The number of H-pyrrole nitrogens is 1. The van der Waals surface area contributed by atoms with E-state index in [-0.39, 0.29) is 16.9 Å². The van der Waals surface area contributed by atoms with Gasteiger partial charge in [-0.25, -0.2) is 0 Å². The van der Waals surface area contributed by atoms with Crippen LogP contribution in [0.1, 0.15) is 17.3 Å². The molecule has 4 heteroatoms. The zero-order chi connectivity index (χ0) is 8.43. The number of aromatic amines is 1. The van der Waals surface area contributed by atoms with E-state index in [2.05, 4.69) is 20.9 Å². The summed E-state index contributed by atoms with van der Waals surface area (Å²) in [5.74, 6) is -0.229. The lowest BCUT2D eigenvalue weighted by atomic mass is 10.2. The molecule has 0 fully saturated rings. The number of hydrogen-bond acceptors (Lipinski definition) is 2. The van der Waals surface area contributed by atoms with Gasteiger partial charge in [-0.3, -0.25) is 9.59 Å². The van der Waals surface area contributed by atoms with Crippen LogP contribution in [0, 0.1) is 0 Å². The van der Waals surface area contributed by atoms with Gasteiger partial charge in [-0.1, -0.05) is 0 Å². The zero-order valence-corrected chi connectivity index (χ0v) is 7.44. The van der Waals surface area contributed by atoms with E-state index in [1.54, 1.807) is 0 Å². The monoisotopic (exact) mass is 215 g/mol. The molecule has 58 valence electrons. The molecule has 1 N–H and O–H groups in total. The van der Waals surface area contributed by atoms with Gasteiger partial charge < -0.3 is 4.98 Å². The fraction of sp³-hybridized carbons (Fsp3) is 0.143. The van der Waals surface area contributed by atoms with E-state index >= 15 is 0 Å². The van der Waals surface area contributed by atoms with E-state index in [9.17, 15) is 9.59 Å². The summed E-state index contributed by atoms with van der Waals surface area (Å²) in [6.07, 6.45) is 1.49. The standard InChI is InChI=1S/C7H6BrNO2/c1-4(10)6-2-5(8)3-9-7(6)11/h2-3H,1H3,(H,9,11). The van der Waals surface area contributed by atoms with Gasteiger partial charge in [0.05, 0.1) is 5.56 Å². The van der Waals surface area contributed by atoms with Crippen molar-refractivity contribution >= 4 is 21.7 Å². The summed E-state index contributed by atoms with van der Waals surface area (Å²) < 4.78 is 0.697. The highest BCUT2D eigenvalue weighted by Crippen LogP contribution is 2.06. The maximum Gasteiger partial charge on any atom is 0.258 e. The third-order valence-corrected chi connectivity index (χ3v) is 1.71. The molecule has 3 nitrogen and oxygen atoms in total. The lowest BCUT2D eigenvalue weighted by molar-refractivity contribution is 0.101. The maximum absolute atomic E-state index is 10.9. The maximum atomic E-state index is 10.9. The molecule has 0 saturated heterocycles. The Kier molecular flexibility index (Phi) is 2.24. The largest absolute Gasteiger partial charge is 0.327 e. The first kappa shape index (κ1) is 8.20. The molecule has 11 heavy (non-hydrogen) atoms. The molecule has 0 atom stereocenters. The van der Waals surface area contributed by atoms with Crippen molar-refractivity contribution in [3.63, 3.8) is 0 Å². The highest BCUT2D eigenvalue weighted by molar-refractivity contribution is 9.10. The Hall–Kier alpha value is -0.900. The van der Waals surface area contributed by atoms with Crippen LogP contribution in [0.2, 0.25) is 0 Å². The van der Waals surface area contributed by atoms with E-state index in [0.29, 0.717) is 4.47 Å². The van der Waals surface area contributed by atoms with Crippen molar-refractivity contribution in [2.75, 3.05) is 0 Å². The molecule has 0 bridgehead atoms. The number of ketones is 1. The SMILES string of the molecule is CC(=O)c1cc(Br)c[nH]c1=O. The quantitative estimate of drug-likeness (QED) is 0.720. The Morgan fingerprint density at radius 3 is 2.73 bits per heavy atom. The summed E-state index contributed by atoms with van der Waals surface area (Å²) in [7, 11) is 0. The van der Waals surface area contributed by atoms with Crippen molar-refractivity contribution in [1.82, 2.24) is 4.98 Å². The lowest BCUT2D eigenvalue weighted by Crippen LogP contribution is -2.14. The van der Waals surface area contributed by atoms with Gasteiger partial charge in [0.15, 0.2) is 5.78 Å². The third-order valence-electron chi connectivity index (χ3n) is 1.25. The number of rotatable bonds is 1. The van der Waals surface area contributed by atoms with E-state index in [0.717, 1.165) is 0 Å². The fourth-order valence-electron chi connectivity index (χ4n) is 0.719. The molecule has 1 aromatic rings. The lowest BCUT2D eigenvalue weighted by Gasteiger charge is -1.93. The molecule has 0 aromatic carbocycles. The second-order valence-electron chi connectivity index (χ2n) is 2.12. The summed E-state index contributed by atoms with van der Waals surface area (Å²) in [5, 5.41) is 0. The van der Waals surface area contributed by atoms with Crippen LogP contribution in [0.3, 0.4) is 0 Å². The van der Waals surface area contributed by atoms with Crippen molar-refractivity contribution in [3.05, 3.63) is 32.7 Å². The molecule has 0 spiro atoms. The highest BCUT2D eigenvalue weighted by Gasteiger charge is 2.04. The van der Waals surface area contributed by atoms with Crippen LogP contribution in [-0.2, 0) is 0 Å². The van der Waals surface area contributed by atoms with Crippen LogP contribution in [-0.4, -0.2) is 10.8 Å². The van der Waals surface area contributed by atoms with Gasteiger partial charge in [-0.15, -0.1) is 0 Å². The molecule has 0 aliphatic rings. The smallest absolute Gasteiger partial charge is 0.258 e. The van der Waals surface area contributed by atoms with Crippen LogP contribution in [0.15, 0.2) is 21.5 Å². The number of carbonyl (C=O) groups excluding carboxylic acids is 1. The van der Waals surface area contributed by atoms with Gasteiger partial charge >= 0.3 is 0 Å². The zero-order valence-electron chi connectivity index (χ0n) is 5.85. The molecule has 1 aromatic heterocycles. The summed E-state index contributed by atoms with van der Waals surface area (Å²) in [5.41, 5.74) is -0.167. The molecule has 1 rings (SSSR count). The van der Waals surface area contributed by atoms with Crippen molar-refractivity contribution in [3.8, 4) is 0 Å². The molecular weight excluding hydrogens is 210 g/mol. The second-order valence-corrected chi connectivity index (χ2v) is 3.03. The molecule has 0 unspecified atom stereocenters. The van der Waals surface area contributed by atoms with E-state index in [1.165, 1.54) is 19.2 Å². The topological polar surface area (TPSA) is 49.9 Å². The van der Waals surface area contributed by atoms with Gasteiger partial charge in [0.2, 0.25) is 0 Å². The molecule has 1 heterocycles. The molecule has 0 saturated carbocycles. The number of aromatic nitrogens is 1. The summed E-state index contributed by atoms with van der Waals surface area (Å²) in [4.78, 5) is 24.1. The number of halogens is 1. The number of nitrogens with one attached hydrogen (secondary N) is 1. The molecule has 0 aliphatic heterocycles. The minimum Gasteiger partial charge on any atom is -0.327 e. The van der Waals surface area contributed by atoms with Crippen LogP contribution < -0.4 is 5.56 Å². The Morgan fingerprint density at radius 1 is 1.64 bits per heavy atom. The molecule has 0 aliphatic carbocycles. The van der Waals surface area contributed by atoms with Crippen LogP contribution in [0.25, 0.3) is 0 Å². The minimum atomic E-state index is -0.347. The second kappa shape index (κ2) is 3.00. The summed E-state index contributed by atoms with van der Waals surface area (Å²) in [6.45, 7) is 1.36. The van der Waals surface area contributed by atoms with Gasteiger partial charge in [0.1, 0.15) is 0 Å². The van der Waals surface area contributed by atoms with Gasteiger partial charge in [-0.05, 0) is 28.9 Å². The first-order valence-corrected chi connectivity index (χ1v) is 3.79. The Morgan fingerprint density at radius 2 is 2.27 bits per heavy atom. The van der Waals surface area contributed by atoms with E-state index < -0.39 is 0 Å². The Bertz CT molecular complexity index is 343. The first-order chi connectivity index (χ1) is 5.11. The van der Waals surface area contributed by atoms with Gasteiger partial charge in [-0.2, -0.15) is 0 Å². The predicted octanol–water partition coefficient (Wildman–Crippen LogP) is 1.34. The minimum absolute atomic E-state index is 0.180. The number of hydrogen-bond donors (Lipinski definition) is 1. The van der Waals surface area contributed by atoms with Crippen LogP contribution in [0.4, 0.5) is 0 Å². The summed E-state index contributed by atoms with van der Waals surface area (Å²) in [6, 6.07) is 1.50. The molecular formula is C7H6BrNO2. The summed E-state index contributed by atoms with van der Waals surface area (Å²) >= 11 is 3.14. The van der Waals surface area contributed by atoms with Crippen LogP contribution >= 0.6 is 15.9 Å². The van der Waals surface area contributed by atoms with Crippen molar-refractivity contribution in [2.24, 2.45) is 0 Å². The van der Waals surface area contributed by atoms with Crippen molar-refractivity contribution < 1.29 is 4.79 Å². The number of Topliss-reactive ketones (excluding diaryl/α,β-unsaturated/α-hetero) is 1. The number of carbonyl (C=O) groups is 1. The molecule has 0 radical (unpaired) electrons. The predicted molar refractivity (Wildman–Crippen MR) is 44.8 cm³/mol. The average molecular weight is 216 g/mol. The normalized spacial score (nSPS) is 9.64. The van der Waals surface area contributed by atoms with Crippen LogP contribution in [0.5, 0.6) is 0 Å². The number of pyridine rings is 1. The Balaban J connectivity index is 3.35. The molecule has 0 amide bonds. The highest BCUT2D eigenvalue weighted by atomic mass is 79.9. The van der Waals surface area contributed by atoms with E-state index in [1.807, 2.05) is 0 Å². The third kappa shape index (κ3) is 1.77.